The Balaban J connectivity index is 1.97. The van der Waals surface area contributed by atoms with Gasteiger partial charge in [0.1, 0.15) is 6.04 Å². The molecule has 0 unspecified atom stereocenters. The van der Waals surface area contributed by atoms with Crippen LogP contribution in [0.15, 0.2) is 42.5 Å². The molecule has 0 saturated heterocycles. The second-order valence-electron chi connectivity index (χ2n) is 9.44. The zero-order valence-electron chi connectivity index (χ0n) is 18.8. The summed E-state index contributed by atoms with van der Waals surface area (Å²) in [4.78, 5) is 27.8. The van der Waals surface area contributed by atoms with Gasteiger partial charge >= 0.3 is 6.18 Å². The van der Waals surface area contributed by atoms with Crippen LogP contribution in [0.5, 0.6) is 0 Å². The summed E-state index contributed by atoms with van der Waals surface area (Å²) in [5.74, 6) is -1.14. The normalized spacial score (nSPS) is 16.1. The van der Waals surface area contributed by atoms with Gasteiger partial charge in [-0.2, -0.15) is 13.2 Å². The molecule has 1 atom stereocenters. The van der Waals surface area contributed by atoms with E-state index in [-0.39, 0.29) is 18.9 Å². The van der Waals surface area contributed by atoms with Crippen LogP contribution in [0.25, 0.3) is 0 Å². The molecule has 5 nitrogen and oxygen atoms in total. The fraction of sp³-hybridized carbons (Fsp3) is 0.417. The Bertz CT molecular complexity index is 1080. The Morgan fingerprint density at radius 2 is 1.68 bits per heavy atom. The van der Waals surface area contributed by atoms with E-state index in [0.717, 1.165) is 12.1 Å². The van der Waals surface area contributed by atoms with Crippen molar-refractivity contribution in [2.45, 2.75) is 56.3 Å². The number of rotatable bonds is 8. The molecule has 2 aromatic rings. The highest BCUT2D eigenvalue weighted by atomic mass is 35.5. The predicted octanol–water partition coefficient (Wildman–Crippen LogP) is 4.71. The number of halogens is 5. The molecule has 0 aliphatic heterocycles. The lowest BCUT2D eigenvalue weighted by atomic mass is 9.91. The molecule has 4 N–H and O–H groups in total. The minimum absolute atomic E-state index is 0.00698. The second-order valence-corrected chi connectivity index (χ2v) is 10.3. The highest BCUT2D eigenvalue weighted by molar-refractivity contribution is 6.35. The lowest BCUT2D eigenvalue weighted by molar-refractivity contribution is -0.142. The molecule has 1 saturated carbocycles. The smallest absolute Gasteiger partial charge is 0.368 e. The number of hydrogen-bond acceptors (Lipinski definition) is 3. The van der Waals surface area contributed by atoms with Crippen molar-refractivity contribution in [3.8, 4) is 0 Å². The first kappa shape index (κ1) is 26.3. The molecule has 0 spiro atoms. The number of nitrogens with zero attached hydrogens (tertiary/aromatic N) is 1. The van der Waals surface area contributed by atoms with Crippen LogP contribution in [-0.2, 0) is 27.6 Å². The van der Waals surface area contributed by atoms with E-state index in [1.165, 1.54) is 17.0 Å². The number of alkyl halides is 3. The third-order valence-corrected chi connectivity index (χ3v) is 6.41. The topological polar surface area (TPSA) is 89.4 Å². The number of amides is 2. The van der Waals surface area contributed by atoms with Crippen LogP contribution < -0.4 is 11.5 Å². The first-order valence-electron chi connectivity index (χ1n) is 10.6. The zero-order valence-corrected chi connectivity index (χ0v) is 20.3. The zero-order chi connectivity index (χ0) is 25.5. The molecule has 0 aromatic heterocycles. The number of primary amides is 1. The van der Waals surface area contributed by atoms with Gasteiger partial charge < -0.3 is 16.4 Å². The van der Waals surface area contributed by atoms with Gasteiger partial charge in [-0.1, -0.05) is 41.4 Å². The van der Waals surface area contributed by atoms with Gasteiger partial charge in [-0.3, -0.25) is 9.59 Å². The van der Waals surface area contributed by atoms with E-state index >= 15 is 0 Å². The van der Waals surface area contributed by atoms with Crippen molar-refractivity contribution in [3.05, 3.63) is 69.2 Å². The number of nitrogens with two attached hydrogens (primary N) is 2. The fourth-order valence-electron chi connectivity index (χ4n) is 4.06. The van der Waals surface area contributed by atoms with Crippen LogP contribution in [0.1, 0.15) is 43.4 Å². The highest BCUT2D eigenvalue weighted by Crippen LogP contribution is 2.52. The Morgan fingerprint density at radius 3 is 2.12 bits per heavy atom. The van der Waals surface area contributed by atoms with Crippen molar-refractivity contribution in [2.75, 3.05) is 6.54 Å². The summed E-state index contributed by atoms with van der Waals surface area (Å²) in [6.07, 6.45) is -3.51. The molecule has 10 heteroatoms. The highest BCUT2D eigenvalue weighted by Gasteiger charge is 2.55. The summed E-state index contributed by atoms with van der Waals surface area (Å²) in [7, 11) is 0. The summed E-state index contributed by atoms with van der Waals surface area (Å²) in [5.41, 5.74) is 10.3. The molecule has 2 aromatic carbocycles. The quantitative estimate of drug-likeness (QED) is 0.533. The summed E-state index contributed by atoms with van der Waals surface area (Å²) >= 11 is 12.4. The van der Waals surface area contributed by atoms with E-state index in [2.05, 4.69) is 0 Å². The van der Waals surface area contributed by atoms with E-state index in [1.807, 2.05) is 0 Å². The summed E-state index contributed by atoms with van der Waals surface area (Å²) in [6, 6.07) is 8.19. The first-order valence-corrected chi connectivity index (χ1v) is 11.4. The van der Waals surface area contributed by atoms with Crippen molar-refractivity contribution >= 4 is 35.0 Å². The van der Waals surface area contributed by atoms with E-state index < -0.39 is 34.6 Å². The van der Waals surface area contributed by atoms with Crippen molar-refractivity contribution in [3.63, 3.8) is 0 Å². The Morgan fingerprint density at radius 1 is 1.09 bits per heavy atom. The molecule has 0 bridgehead atoms. The minimum Gasteiger partial charge on any atom is -0.368 e. The summed E-state index contributed by atoms with van der Waals surface area (Å²) < 4.78 is 38.8. The average molecular weight is 516 g/mol. The monoisotopic (exact) mass is 515 g/mol. The first-order chi connectivity index (χ1) is 15.6. The maximum atomic E-state index is 13.9. The van der Waals surface area contributed by atoms with Gasteiger partial charge in [-0.15, -0.1) is 0 Å². The third-order valence-electron chi connectivity index (χ3n) is 5.86. The van der Waals surface area contributed by atoms with Crippen LogP contribution in [0, 0.1) is 0 Å². The van der Waals surface area contributed by atoms with E-state index in [0.29, 0.717) is 34.0 Å². The van der Waals surface area contributed by atoms with Crippen molar-refractivity contribution in [1.82, 2.24) is 4.90 Å². The lowest BCUT2D eigenvalue weighted by Crippen LogP contribution is -2.58. The molecule has 0 radical (unpaired) electrons. The van der Waals surface area contributed by atoms with Crippen LogP contribution >= 0.6 is 23.2 Å². The van der Waals surface area contributed by atoms with Gasteiger partial charge in [0, 0.05) is 28.5 Å². The van der Waals surface area contributed by atoms with Gasteiger partial charge in [0.25, 0.3) is 0 Å². The SMILES string of the molecule is CC(C)(N)CN(C(=O)C1(c2ccc(Cl)cc2Cl)CC1)[C@@H](Cc1ccc(C(F)(F)F)cc1)C(N)=O. The van der Waals surface area contributed by atoms with Gasteiger partial charge in [0.05, 0.1) is 11.0 Å². The van der Waals surface area contributed by atoms with E-state index in [4.69, 9.17) is 34.7 Å². The molecule has 0 heterocycles. The Hall–Kier alpha value is -2.29. The van der Waals surface area contributed by atoms with Gasteiger partial charge in [0.2, 0.25) is 11.8 Å². The van der Waals surface area contributed by atoms with E-state index in [1.54, 1.807) is 32.0 Å². The van der Waals surface area contributed by atoms with Crippen LogP contribution in [0.2, 0.25) is 10.0 Å². The Kier molecular flexibility index (Phi) is 7.27. The van der Waals surface area contributed by atoms with E-state index in [9.17, 15) is 22.8 Å². The molecule has 1 fully saturated rings. The van der Waals surface area contributed by atoms with Crippen molar-refractivity contribution in [2.24, 2.45) is 11.5 Å². The molecule has 34 heavy (non-hydrogen) atoms. The van der Waals surface area contributed by atoms with Crippen molar-refractivity contribution < 1.29 is 22.8 Å². The molecule has 2 amide bonds. The second kappa shape index (κ2) is 9.40. The molecular weight excluding hydrogens is 490 g/mol. The number of carbonyl (C=O) groups excluding carboxylic acids is 2. The molecule has 1 aliphatic carbocycles. The number of benzene rings is 2. The number of carbonyl (C=O) groups is 2. The lowest BCUT2D eigenvalue weighted by Gasteiger charge is -2.37. The van der Waals surface area contributed by atoms with Gasteiger partial charge in [0.15, 0.2) is 0 Å². The largest absolute Gasteiger partial charge is 0.416 e. The average Bonchev–Trinajstić information content (AvgIpc) is 3.50. The van der Waals surface area contributed by atoms with Gasteiger partial charge in [-0.05, 0) is 62.1 Å². The maximum absolute atomic E-state index is 13.9. The molecule has 1 aliphatic rings. The minimum atomic E-state index is -4.48. The van der Waals surface area contributed by atoms with Crippen LogP contribution in [0.4, 0.5) is 13.2 Å². The predicted molar refractivity (Wildman–Crippen MR) is 125 cm³/mol. The summed E-state index contributed by atoms with van der Waals surface area (Å²) in [6.45, 7) is 3.42. The maximum Gasteiger partial charge on any atom is 0.416 e. The number of hydrogen-bond donors (Lipinski definition) is 2. The molecule has 3 rings (SSSR count). The standard InChI is InChI=1S/C24H26Cl2F3N3O2/c1-22(2,31)13-32(21(34)23(9-10-23)17-8-7-16(25)12-18(17)26)19(20(30)33)11-14-3-5-15(6-4-14)24(27,28)29/h3-8,12,19H,9-11,13,31H2,1-2H3,(H2,30,33)/t19-/m0/s1. The van der Waals surface area contributed by atoms with Crippen LogP contribution in [0.3, 0.4) is 0 Å². The van der Waals surface area contributed by atoms with Crippen molar-refractivity contribution in [1.29, 1.82) is 0 Å². The van der Waals surface area contributed by atoms with Crippen LogP contribution in [-0.4, -0.2) is 34.8 Å². The molecular formula is C24H26Cl2F3N3O2. The third kappa shape index (κ3) is 5.85. The summed E-state index contributed by atoms with van der Waals surface area (Å²) in [5, 5.41) is 0.762. The fourth-order valence-corrected chi connectivity index (χ4v) is 4.65. The Labute approximate surface area is 206 Å². The van der Waals surface area contributed by atoms with Gasteiger partial charge in [-0.25, -0.2) is 0 Å². The molecule has 184 valence electrons.